The van der Waals surface area contributed by atoms with Gasteiger partial charge in [-0.1, -0.05) is 23.7 Å². The molecule has 4 heteroatoms. The van der Waals surface area contributed by atoms with Gasteiger partial charge in [0.25, 0.3) is 0 Å². The van der Waals surface area contributed by atoms with Crippen molar-refractivity contribution < 1.29 is 9.18 Å². The molecule has 1 heterocycles. The second-order valence-corrected chi connectivity index (χ2v) is 3.97. The Hall–Kier alpha value is -1.74. The summed E-state index contributed by atoms with van der Waals surface area (Å²) in [6.07, 6.45) is 3.28. The van der Waals surface area contributed by atoms with Crippen LogP contribution in [-0.2, 0) is 6.42 Å². The number of carbonyl (C=O) groups excluding carboxylic acids is 1. The van der Waals surface area contributed by atoms with Gasteiger partial charge in [0.2, 0.25) is 0 Å². The van der Waals surface area contributed by atoms with E-state index in [0.717, 1.165) is 5.56 Å². The van der Waals surface area contributed by atoms with Gasteiger partial charge < -0.3 is 0 Å². The van der Waals surface area contributed by atoms with Crippen molar-refractivity contribution in [2.45, 2.75) is 6.42 Å². The molecule has 2 rings (SSSR count). The summed E-state index contributed by atoms with van der Waals surface area (Å²) in [5, 5.41) is 0.138. The molecule has 0 aliphatic carbocycles. The minimum absolute atomic E-state index is 0.0574. The number of carbonyl (C=O) groups is 1. The molecule has 0 saturated carbocycles. The minimum atomic E-state index is -0.591. The van der Waals surface area contributed by atoms with Crippen LogP contribution >= 0.6 is 11.6 Å². The molecule has 1 aromatic heterocycles. The minimum Gasteiger partial charge on any atom is -0.294 e. The number of ketones is 1. The van der Waals surface area contributed by atoms with Crippen molar-refractivity contribution in [3.05, 3.63) is 64.7 Å². The lowest BCUT2D eigenvalue weighted by Gasteiger charge is -2.04. The summed E-state index contributed by atoms with van der Waals surface area (Å²) in [6, 6.07) is 7.69. The van der Waals surface area contributed by atoms with Gasteiger partial charge in [-0.3, -0.25) is 9.78 Å². The molecule has 0 radical (unpaired) electrons. The van der Waals surface area contributed by atoms with Gasteiger partial charge in [-0.2, -0.15) is 0 Å². The molecule has 0 saturated heterocycles. The Morgan fingerprint density at radius 1 is 1.29 bits per heavy atom. The van der Waals surface area contributed by atoms with Crippen molar-refractivity contribution in [2.24, 2.45) is 0 Å². The van der Waals surface area contributed by atoms with E-state index in [4.69, 9.17) is 11.6 Å². The SMILES string of the molecule is O=C(Cc1cccnc1)c1c(F)cccc1Cl. The second-order valence-electron chi connectivity index (χ2n) is 3.56. The summed E-state index contributed by atoms with van der Waals surface area (Å²) in [4.78, 5) is 15.8. The van der Waals surface area contributed by atoms with E-state index in [1.165, 1.54) is 18.2 Å². The molecule has 2 nitrogen and oxygen atoms in total. The van der Waals surface area contributed by atoms with Gasteiger partial charge in [0, 0.05) is 18.8 Å². The summed E-state index contributed by atoms with van der Waals surface area (Å²) in [5.41, 5.74) is 0.676. The molecule has 0 aliphatic rings. The number of nitrogens with zero attached hydrogens (tertiary/aromatic N) is 1. The highest BCUT2D eigenvalue weighted by Gasteiger charge is 2.15. The summed E-state index contributed by atoms with van der Waals surface area (Å²) in [7, 11) is 0. The van der Waals surface area contributed by atoms with Crippen molar-refractivity contribution >= 4 is 17.4 Å². The highest BCUT2D eigenvalue weighted by atomic mass is 35.5. The maximum Gasteiger partial charge on any atom is 0.171 e. The fourth-order valence-electron chi connectivity index (χ4n) is 1.54. The lowest BCUT2D eigenvalue weighted by Crippen LogP contribution is -2.07. The van der Waals surface area contributed by atoms with Crippen molar-refractivity contribution in [1.82, 2.24) is 4.98 Å². The van der Waals surface area contributed by atoms with E-state index in [1.807, 2.05) is 0 Å². The molecular formula is C13H9ClFNO. The van der Waals surface area contributed by atoms with Crippen LogP contribution in [0.5, 0.6) is 0 Å². The standard InChI is InChI=1S/C13H9ClFNO/c14-10-4-1-5-11(15)13(10)12(17)7-9-3-2-6-16-8-9/h1-6,8H,7H2. The Balaban J connectivity index is 2.27. The molecule has 0 fully saturated rings. The Bertz CT molecular complexity index is 522. The van der Waals surface area contributed by atoms with Gasteiger partial charge >= 0.3 is 0 Å². The third-order valence-corrected chi connectivity index (χ3v) is 2.64. The number of aromatic nitrogens is 1. The van der Waals surface area contributed by atoms with E-state index >= 15 is 0 Å². The molecule has 0 atom stereocenters. The number of Topliss-reactive ketones (excluding diaryl/α,β-unsaturated/α-hetero) is 1. The van der Waals surface area contributed by atoms with Crippen LogP contribution in [0.15, 0.2) is 42.7 Å². The first kappa shape index (κ1) is 11.7. The van der Waals surface area contributed by atoms with Crippen LogP contribution in [0.25, 0.3) is 0 Å². The smallest absolute Gasteiger partial charge is 0.171 e. The van der Waals surface area contributed by atoms with Crippen molar-refractivity contribution in [2.75, 3.05) is 0 Å². The highest BCUT2D eigenvalue weighted by molar-refractivity contribution is 6.34. The number of rotatable bonds is 3. The molecule has 0 aliphatic heterocycles. The quantitative estimate of drug-likeness (QED) is 0.782. The predicted octanol–water partition coefficient (Wildman–Crippen LogP) is 3.30. The summed E-state index contributed by atoms with van der Waals surface area (Å²) < 4.78 is 13.5. The number of benzene rings is 1. The maximum atomic E-state index is 13.5. The van der Waals surface area contributed by atoms with Gasteiger partial charge in [0.1, 0.15) is 5.82 Å². The number of halogens is 2. The molecule has 2 aromatic rings. The molecule has 17 heavy (non-hydrogen) atoms. The second kappa shape index (κ2) is 5.06. The predicted molar refractivity (Wildman–Crippen MR) is 63.7 cm³/mol. The van der Waals surface area contributed by atoms with Crippen LogP contribution in [0.4, 0.5) is 4.39 Å². The molecule has 1 aromatic carbocycles. The van der Waals surface area contributed by atoms with Crippen LogP contribution in [0.1, 0.15) is 15.9 Å². The summed E-state index contributed by atoms with van der Waals surface area (Å²) >= 11 is 5.81. The molecule has 86 valence electrons. The van der Waals surface area contributed by atoms with Crippen LogP contribution in [0.3, 0.4) is 0 Å². The zero-order valence-electron chi connectivity index (χ0n) is 8.86. The van der Waals surface area contributed by atoms with Gasteiger partial charge in [-0.25, -0.2) is 4.39 Å². The molecule has 0 amide bonds. The van der Waals surface area contributed by atoms with Crippen LogP contribution in [-0.4, -0.2) is 10.8 Å². The Kier molecular flexibility index (Phi) is 3.49. The zero-order valence-corrected chi connectivity index (χ0v) is 9.62. The van der Waals surface area contributed by atoms with Gasteiger partial charge in [-0.15, -0.1) is 0 Å². The van der Waals surface area contributed by atoms with Gasteiger partial charge in [0.05, 0.1) is 10.6 Å². The molecule has 0 bridgehead atoms. The summed E-state index contributed by atoms with van der Waals surface area (Å²) in [6.45, 7) is 0. The monoisotopic (exact) mass is 249 g/mol. The largest absolute Gasteiger partial charge is 0.294 e. The molecule has 0 unspecified atom stereocenters. The fourth-order valence-corrected chi connectivity index (χ4v) is 1.81. The maximum absolute atomic E-state index is 13.5. The average molecular weight is 250 g/mol. The van der Waals surface area contributed by atoms with E-state index in [0.29, 0.717) is 0 Å². The topological polar surface area (TPSA) is 30.0 Å². The van der Waals surface area contributed by atoms with Gasteiger partial charge in [0.15, 0.2) is 5.78 Å². The molecule has 0 N–H and O–H groups in total. The first-order valence-corrected chi connectivity index (χ1v) is 5.42. The Labute approximate surface area is 103 Å². The normalized spacial score (nSPS) is 10.2. The van der Waals surface area contributed by atoms with E-state index in [9.17, 15) is 9.18 Å². The highest BCUT2D eigenvalue weighted by Crippen LogP contribution is 2.20. The van der Waals surface area contributed by atoms with Crippen LogP contribution in [0, 0.1) is 5.82 Å². The van der Waals surface area contributed by atoms with E-state index in [2.05, 4.69) is 4.98 Å². The first-order valence-electron chi connectivity index (χ1n) is 5.04. The molecular weight excluding hydrogens is 241 g/mol. The lowest BCUT2D eigenvalue weighted by molar-refractivity contribution is 0.0989. The molecule has 0 spiro atoms. The van der Waals surface area contributed by atoms with E-state index in [1.54, 1.807) is 24.5 Å². The first-order chi connectivity index (χ1) is 8.18. The van der Waals surface area contributed by atoms with Crippen molar-refractivity contribution in [1.29, 1.82) is 0 Å². The van der Waals surface area contributed by atoms with Crippen LogP contribution < -0.4 is 0 Å². The van der Waals surface area contributed by atoms with Crippen molar-refractivity contribution in [3.63, 3.8) is 0 Å². The third-order valence-electron chi connectivity index (χ3n) is 2.33. The van der Waals surface area contributed by atoms with Crippen molar-refractivity contribution in [3.8, 4) is 0 Å². The number of pyridine rings is 1. The number of hydrogen-bond acceptors (Lipinski definition) is 2. The van der Waals surface area contributed by atoms with E-state index < -0.39 is 5.82 Å². The third kappa shape index (κ3) is 2.68. The van der Waals surface area contributed by atoms with Crippen LogP contribution in [0.2, 0.25) is 5.02 Å². The Morgan fingerprint density at radius 2 is 2.12 bits per heavy atom. The van der Waals surface area contributed by atoms with E-state index in [-0.39, 0.29) is 22.8 Å². The zero-order chi connectivity index (χ0) is 12.3. The average Bonchev–Trinajstić information content (AvgIpc) is 2.30. The Morgan fingerprint density at radius 3 is 2.76 bits per heavy atom. The lowest BCUT2D eigenvalue weighted by atomic mass is 10.0. The fraction of sp³-hybridized carbons (Fsp3) is 0.0769. The summed E-state index contributed by atoms with van der Waals surface area (Å²) in [5.74, 6) is -0.938. The number of hydrogen-bond donors (Lipinski definition) is 0. The van der Waals surface area contributed by atoms with Gasteiger partial charge in [-0.05, 0) is 23.8 Å².